The summed E-state index contributed by atoms with van der Waals surface area (Å²) in [6.07, 6.45) is 1.45. The number of carboxylic acid groups (broad SMARTS) is 1. The average Bonchev–Trinajstić information content (AvgIpc) is 2.70. The van der Waals surface area contributed by atoms with E-state index in [0.29, 0.717) is 13.0 Å². The number of aliphatic carboxylic acids is 1. The lowest BCUT2D eigenvalue weighted by Crippen LogP contribution is -2.49. The van der Waals surface area contributed by atoms with Gasteiger partial charge in [0.05, 0.1) is 0 Å². The molecule has 0 bridgehead atoms. The normalized spacial score (nSPS) is 14.3. The van der Waals surface area contributed by atoms with Crippen LogP contribution >= 0.6 is 0 Å². The van der Waals surface area contributed by atoms with Gasteiger partial charge in [-0.05, 0) is 31.9 Å². The van der Waals surface area contributed by atoms with E-state index in [0.717, 1.165) is 12.1 Å². The van der Waals surface area contributed by atoms with Crippen molar-refractivity contribution in [2.24, 2.45) is 7.05 Å². The second kappa shape index (κ2) is 5.90. The summed E-state index contributed by atoms with van der Waals surface area (Å²) in [7, 11) is 2.03. The van der Waals surface area contributed by atoms with Gasteiger partial charge in [0.2, 0.25) is 0 Å². The number of rotatable bonds is 6. The lowest BCUT2D eigenvalue weighted by molar-refractivity contribution is -0.144. The van der Waals surface area contributed by atoms with Gasteiger partial charge in [-0.3, -0.25) is 10.1 Å². The summed E-state index contributed by atoms with van der Waals surface area (Å²) in [6.45, 7) is 6.42. The van der Waals surface area contributed by atoms with Crippen LogP contribution < -0.4 is 5.32 Å². The van der Waals surface area contributed by atoms with Gasteiger partial charge >= 0.3 is 5.97 Å². The van der Waals surface area contributed by atoms with Crippen LogP contribution in [0.4, 0.5) is 0 Å². The van der Waals surface area contributed by atoms with E-state index in [1.807, 2.05) is 26.1 Å². The smallest absolute Gasteiger partial charge is 0.323 e. The molecule has 2 N–H and O–H groups in total. The number of aromatic nitrogens is 1. The molecule has 1 aromatic heterocycles. The van der Waals surface area contributed by atoms with Gasteiger partial charge in [0.1, 0.15) is 5.54 Å². The highest BCUT2D eigenvalue weighted by Crippen LogP contribution is 2.25. The maximum atomic E-state index is 11.5. The topological polar surface area (TPSA) is 54.3 Å². The van der Waals surface area contributed by atoms with Crippen molar-refractivity contribution in [3.05, 3.63) is 35.5 Å². The van der Waals surface area contributed by atoms with Gasteiger partial charge in [-0.25, -0.2) is 0 Å². The van der Waals surface area contributed by atoms with Gasteiger partial charge in [-0.15, -0.1) is 0 Å². The second-order valence-corrected chi connectivity index (χ2v) is 5.89. The summed E-state index contributed by atoms with van der Waals surface area (Å²) in [4.78, 5) is 11.5. The number of hydrogen-bond donors (Lipinski definition) is 2. The molecule has 0 amide bonds. The molecule has 1 atom stereocenters. The molecule has 4 nitrogen and oxygen atoms in total. The van der Waals surface area contributed by atoms with Crippen molar-refractivity contribution in [1.82, 2.24) is 9.88 Å². The van der Waals surface area contributed by atoms with E-state index in [-0.39, 0.29) is 0 Å². The third-order valence-electron chi connectivity index (χ3n) is 4.38. The van der Waals surface area contributed by atoms with Crippen molar-refractivity contribution in [1.29, 1.82) is 0 Å². The summed E-state index contributed by atoms with van der Waals surface area (Å²) < 4.78 is 2.14. The highest BCUT2D eigenvalue weighted by atomic mass is 16.4. The van der Waals surface area contributed by atoms with Crippen LogP contribution in [-0.2, 0) is 18.4 Å². The van der Waals surface area contributed by atoms with E-state index >= 15 is 0 Å². The largest absolute Gasteiger partial charge is 0.480 e. The Hall–Kier alpha value is -1.81. The molecular weight excluding hydrogens is 264 g/mol. The highest BCUT2D eigenvalue weighted by Gasteiger charge is 2.31. The van der Waals surface area contributed by atoms with Crippen LogP contribution in [0.15, 0.2) is 24.3 Å². The summed E-state index contributed by atoms with van der Waals surface area (Å²) in [5.74, 6) is -0.791. The Labute approximate surface area is 125 Å². The molecule has 0 spiro atoms. The van der Waals surface area contributed by atoms with Crippen LogP contribution in [0.5, 0.6) is 0 Å². The average molecular weight is 288 g/mol. The molecule has 0 fully saturated rings. The van der Waals surface area contributed by atoms with Crippen molar-refractivity contribution >= 4 is 16.9 Å². The third-order valence-corrected chi connectivity index (χ3v) is 4.38. The third kappa shape index (κ3) is 2.81. The molecule has 0 aliphatic rings. The molecule has 114 valence electrons. The number of para-hydroxylation sites is 1. The number of aryl methyl sites for hydroxylation is 2. The molecule has 0 aliphatic heterocycles. The van der Waals surface area contributed by atoms with Crippen molar-refractivity contribution in [2.75, 3.05) is 0 Å². The number of fused-ring (bicyclic) bond motifs is 1. The first kappa shape index (κ1) is 15.6. The molecule has 0 radical (unpaired) electrons. The Balaban J connectivity index is 2.30. The highest BCUT2D eigenvalue weighted by molar-refractivity contribution is 5.85. The number of benzene rings is 1. The van der Waals surface area contributed by atoms with Gasteiger partial charge in [-0.1, -0.05) is 31.5 Å². The molecule has 21 heavy (non-hydrogen) atoms. The van der Waals surface area contributed by atoms with E-state index in [2.05, 4.69) is 28.9 Å². The van der Waals surface area contributed by atoms with E-state index < -0.39 is 11.5 Å². The van der Waals surface area contributed by atoms with Crippen LogP contribution in [-0.4, -0.2) is 21.2 Å². The minimum absolute atomic E-state index is 0.555. The molecule has 2 aromatic rings. The fourth-order valence-corrected chi connectivity index (χ4v) is 2.94. The van der Waals surface area contributed by atoms with E-state index in [1.165, 1.54) is 16.5 Å². The van der Waals surface area contributed by atoms with Gasteiger partial charge in [0, 0.05) is 30.2 Å². The number of nitrogens with one attached hydrogen (secondary N) is 1. The molecular formula is C17H24N2O2. The number of carboxylic acids is 1. The Morgan fingerprint density at radius 2 is 2.05 bits per heavy atom. The Kier molecular flexibility index (Phi) is 4.37. The summed E-state index contributed by atoms with van der Waals surface area (Å²) in [5.41, 5.74) is 2.65. The molecule has 0 aliphatic carbocycles. The van der Waals surface area contributed by atoms with Crippen LogP contribution in [0.1, 0.15) is 37.9 Å². The van der Waals surface area contributed by atoms with Crippen molar-refractivity contribution in [3.8, 4) is 0 Å². The van der Waals surface area contributed by atoms with Crippen molar-refractivity contribution < 1.29 is 9.90 Å². The molecule has 1 unspecified atom stereocenters. The maximum Gasteiger partial charge on any atom is 0.323 e. The van der Waals surface area contributed by atoms with Gasteiger partial charge in [0.25, 0.3) is 0 Å². The van der Waals surface area contributed by atoms with Gasteiger partial charge in [-0.2, -0.15) is 0 Å². The first-order chi connectivity index (χ1) is 9.90. The summed E-state index contributed by atoms with van der Waals surface area (Å²) in [5, 5.41) is 13.9. The summed E-state index contributed by atoms with van der Waals surface area (Å²) >= 11 is 0. The Morgan fingerprint density at radius 3 is 2.62 bits per heavy atom. The SMILES string of the molecule is CCCC(C)(NCc1c(C)c2ccccc2n1C)C(=O)O. The lowest BCUT2D eigenvalue weighted by atomic mass is 9.96. The summed E-state index contributed by atoms with van der Waals surface area (Å²) in [6, 6.07) is 8.26. The van der Waals surface area contributed by atoms with E-state index in [4.69, 9.17) is 0 Å². The van der Waals surface area contributed by atoms with Crippen molar-refractivity contribution in [2.45, 2.75) is 45.7 Å². The molecule has 2 rings (SSSR count). The van der Waals surface area contributed by atoms with E-state index in [9.17, 15) is 9.90 Å². The molecule has 1 heterocycles. The number of carbonyl (C=O) groups is 1. The van der Waals surface area contributed by atoms with Crippen molar-refractivity contribution in [3.63, 3.8) is 0 Å². The van der Waals surface area contributed by atoms with Gasteiger partial charge in [0.15, 0.2) is 0 Å². The number of hydrogen-bond acceptors (Lipinski definition) is 2. The standard InChI is InChI=1S/C17H24N2O2/c1-5-10-17(3,16(20)21)18-11-15-12(2)13-8-6-7-9-14(13)19(15)4/h6-9,18H,5,10-11H2,1-4H3,(H,20,21). The second-order valence-electron chi connectivity index (χ2n) is 5.89. The minimum atomic E-state index is -0.877. The van der Waals surface area contributed by atoms with Crippen LogP contribution in [0.3, 0.4) is 0 Å². The first-order valence-electron chi connectivity index (χ1n) is 7.42. The van der Waals surface area contributed by atoms with Crippen LogP contribution in [0, 0.1) is 6.92 Å². The van der Waals surface area contributed by atoms with Crippen LogP contribution in [0.2, 0.25) is 0 Å². The zero-order chi connectivity index (χ0) is 15.6. The molecule has 4 heteroatoms. The predicted octanol–water partition coefficient (Wildman–Crippen LogP) is 3.22. The number of nitrogens with zero attached hydrogens (tertiary/aromatic N) is 1. The van der Waals surface area contributed by atoms with E-state index in [1.54, 1.807) is 6.92 Å². The molecule has 0 saturated carbocycles. The monoisotopic (exact) mass is 288 g/mol. The molecule has 1 aromatic carbocycles. The van der Waals surface area contributed by atoms with Gasteiger partial charge < -0.3 is 9.67 Å². The predicted molar refractivity (Wildman–Crippen MR) is 85.4 cm³/mol. The quantitative estimate of drug-likeness (QED) is 0.858. The Bertz CT molecular complexity index is 621. The lowest BCUT2D eigenvalue weighted by Gasteiger charge is -2.26. The maximum absolute atomic E-state index is 11.5. The Morgan fingerprint density at radius 1 is 1.38 bits per heavy atom. The first-order valence-corrected chi connectivity index (χ1v) is 7.42. The molecule has 0 saturated heterocycles. The van der Waals surface area contributed by atoms with Crippen LogP contribution in [0.25, 0.3) is 10.9 Å². The zero-order valence-electron chi connectivity index (χ0n) is 13.2. The fraction of sp³-hybridized carbons (Fsp3) is 0.471. The fourth-order valence-electron chi connectivity index (χ4n) is 2.94. The zero-order valence-corrected chi connectivity index (χ0v) is 13.2. The minimum Gasteiger partial charge on any atom is -0.480 e.